The van der Waals surface area contributed by atoms with E-state index in [0.717, 1.165) is 11.3 Å². The Bertz CT molecular complexity index is 742. The minimum atomic E-state index is -3.73. The largest absolute Gasteiger partial charge is 0.375 e. The minimum absolute atomic E-state index is 0.0343. The fraction of sp³-hybridized carbons (Fsp3) is 0.0909. The van der Waals surface area contributed by atoms with E-state index < -0.39 is 14.0 Å². The Morgan fingerprint density at radius 3 is 2.65 bits per heavy atom. The minimum Gasteiger partial charge on any atom is -0.375 e. The second-order valence-electron chi connectivity index (χ2n) is 3.84. The lowest BCUT2D eigenvalue weighted by atomic mass is 10.2. The third-order valence-electron chi connectivity index (χ3n) is 2.45. The predicted octanol–water partition coefficient (Wildman–Crippen LogP) is 3.20. The number of anilines is 1. The number of nitrogens with one attached hydrogen (secondary N) is 1. The molecule has 2 rings (SSSR count). The maximum Gasteiger partial charge on any atom is 0.292 e. The first-order valence-corrected chi connectivity index (χ1v) is 8.56. The molecule has 2 aromatic rings. The van der Waals surface area contributed by atoms with Crippen LogP contribution in [0.1, 0.15) is 5.56 Å². The molecule has 0 saturated carbocycles. The summed E-state index contributed by atoms with van der Waals surface area (Å²) in [6.45, 7) is 0.272. The Kier molecular flexibility index (Phi) is 4.26. The molecule has 0 unspecified atom stereocenters. The lowest BCUT2D eigenvalue weighted by molar-refractivity contribution is -0.384. The van der Waals surface area contributed by atoms with Gasteiger partial charge >= 0.3 is 0 Å². The quantitative estimate of drug-likeness (QED) is 0.516. The van der Waals surface area contributed by atoms with Crippen LogP contribution in [-0.2, 0) is 15.6 Å². The third-order valence-corrected chi connectivity index (χ3v) is 5.54. The van der Waals surface area contributed by atoms with Gasteiger partial charge in [-0.25, -0.2) is 8.42 Å². The Hall–Kier alpha value is -1.64. The van der Waals surface area contributed by atoms with Crippen LogP contribution in [0.3, 0.4) is 0 Å². The number of benzene rings is 1. The van der Waals surface area contributed by atoms with Crippen molar-refractivity contribution < 1.29 is 13.3 Å². The highest BCUT2D eigenvalue weighted by Crippen LogP contribution is 2.26. The molecule has 0 aliphatic rings. The van der Waals surface area contributed by atoms with Crippen LogP contribution >= 0.6 is 22.0 Å². The van der Waals surface area contributed by atoms with E-state index in [1.807, 2.05) is 0 Å². The molecule has 0 saturated heterocycles. The Balaban J connectivity index is 2.14. The van der Waals surface area contributed by atoms with Crippen molar-refractivity contribution >= 4 is 42.4 Å². The molecular weight excluding hydrogens is 324 g/mol. The second-order valence-corrected chi connectivity index (χ2v) is 7.54. The van der Waals surface area contributed by atoms with Gasteiger partial charge in [0.2, 0.25) is 0 Å². The molecule has 0 fully saturated rings. The number of nitro groups is 1. The Morgan fingerprint density at radius 1 is 1.35 bits per heavy atom. The van der Waals surface area contributed by atoms with E-state index in [-0.39, 0.29) is 16.4 Å². The van der Waals surface area contributed by atoms with Crippen molar-refractivity contribution in [1.82, 2.24) is 0 Å². The molecule has 0 radical (unpaired) electrons. The molecule has 6 nitrogen and oxygen atoms in total. The van der Waals surface area contributed by atoms with Crippen LogP contribution < -0.4 is 5.32 Å². The van der Waals surface area contributed by atoms with Crippen LogP contribution in [0.25, 0.3) is 0 Å². The molecule has 106 valence electrons. The van der Waals surface area contributed by atoms with E-state index in [4.69, 9.17) is 10.7 Å². The molecule has 20 heavy (non-hydrogen) atoms. The number of halogens is 1. The number of para-hydroxylation sites is 2. The fourth-order valence-corrected chi connectivity index (χ4v) is 3.55. The third kappa shape index (κ3) is 3.47. The van der Waals surface area contributed by atoms with Crippen LogP contribution in [0.2, 0.25) is 0 Å². The monoisotopic (exact) mass is 332 g/mol. The summed E-state index contributed by atoms with van der Waals surface area (Å²) in [6.07, 6.45) is 0. The summed E-state index contributed by atoms with van der Waals surface area (Å²) in [5.74, 6) is 0. The maximum atomic E-state index is 11.1. The zero-order valence-electron chi connectivity index (χ0n) is 9.95. The molecule has 1 aromatic heterocycles. The molecule has 1 aromatic carbocycles. The average Bonchev–Trinajstić information content (AvgIpc) is 2.85. The van der Waals surface area contributed by atoms with E-state index in [9.17, 15) is 18.5 Å². The number of hydrogen-bond donors (Lipinski definition) is 1. The van der Waals surface area contributed by atoms with Crippen LogP contribution in [-0.4, -0.2) is 13.3 Å². The van der Waals surface area contributed by atoms with Crippen molar-refractivity contribution in [3.63, 3.8) is 0 Å². The first-order chi connectivity index (χ1) is 9.38. The van der Waals surface area contributed by atoms with Crippen molar-refractivity contribution in [3.8, 4) is 0 Å². The topological polar surface area (TPSA) is 89.3 Å². The summed E-state index contributed by atoms with van der Waals surface area (Å²) in [7, 11) is 1.50. The van der Waals surface area contributed by atoms with Crippen LogP contribution in [0.15, 0.2) is 39.9 Å². The van der Waals surface area contributed by atoms with Crippen LogP contribution in [0, 0.1) is 10.1 Å². The summed E-state index contributed by atoms with van der Waals surface area (Å²) in [4.78, 5) is 10.4. The number of hydrogen-bond acceptors (Lipinski definition) is 6. The summed E-state index contributed by atoms with van der Waals surface area (Å²) in [6, 6.07) is 7.67. The Labute approximate surface area is 123 Å². The molecule has 1 N–H and O–H groups in total. The smallest absolute Gasteiger partial charge is 0.292 e. The molecule has 0 amide bonds. The van der Waals surface area contributed by atoms with Crippen molar-refractivity contribution in [1.29, 1.82) is 0 Å². The number of rotatable bonds is 5. The molecule has 9 heteroatoms. The van der Waals surface area contributed by atoms with Gasteiger partial charge in [-0.15, -0.1) is 11.3 Å². The number of nitrogens with zero attached hydrogens (tertiary/aromatic N) is 1. The van der Waals surface area contributed by atoms with Crippen LogP contribution in [0.4, 0.5) is 11.4 Å². The van der Waals surface area contributed by atoms with Gasteiger partial charge in [0.25, 0.3) is 14.7 Å². The summed E-state index contributed by atoms with van der Waals surface area (Å²) < 4.78 is 22.3. The van der Waals surface area contributed by atoms with Crippen molar-refractivity contribution in [3.05, 3.63) is 51.4 Å². The van der Waals surface area contributed by atoms with Gasteiger partial charge < -0.3 is 5.32 Å². The SMILES string of the molecule is O=[N+]([O-])c1ccccc1NCc1csc(S(=O)(=O)Cl)c1. The predicted molar refractivity (Wildman–Crippen MR) is 77.8 cm³/mol. The van der Waals surface area contributed by atoms with Gasteiger partial charge in [0, 0.05) is 23.3 Å². The highest BCUT2D eigenvalue weighted by atomic mass is 35.7. The van der Waals surface area contributed by atoms with E-state index in [1.54, 1.807) is 23.6 Å². The summed E-state index contributed by atoms with van der Waals surface area (Å²) >= 11 is 1.01. The maximum absolute atomic E-state index is 11.1. The van der Waals surface area contributed by atoms with E-state index in [0.29, 0.717) is 11.3 Å². The number of nitro benzene ring substituents is 1. The van der Waals surface area contributed by atoms with Crippen molar-refractivity contribution in [2.75, 3.05) is 5.32 Å². The zero-order chi connectivity index (χ0) is 14.8. The van der Waals surface area contributed by atoms with E-state index >= 15 is 0 Å². The Morgan fingerprint density at radius 2 is 2.05 bits per heavy atom. The van der Waals surface area contributed by atoms with Gasteiger partial charge in [0.05, 0.1) is 4.92 Å². The molecule has 0 aliphatic heterocycles. The molecule has 0 bridgehead atoms. The van der Waals surface area contributed by atoms with E-state index in [2.05, 4.69) is 5.32 Å². The molecule has 0 spiro atoms. The first kappa shape index (κ1) is 14.8. The molecule has 0 atom stereocenters. The van der Waals surface area contributed by atoms with Gasteiger partial charge in [-0.05, 0) is 23.1 Å². The molecule has 1 heterocycles. The van der Waals surface area contributed by atoms with Crippen molar-refractivity contribution in [2.45, 2.75) is 10.8 Å². The van der Waals surface area contributed by atoms with Gasteiger partial charge in [-0.3, -0.25) is 10.1 Å². The molecular formula is C11H9ClN2O4S2. The van der Waals surface area contributed by atoms with Crippen molar-refractivity contribution in [2.24, 2.45) is 0 Å². The first-order valence-electron chi connectivity index (χ1n) is 5.37. The van der Waals surface area contributed by atoms with Gasteiger partial charge in [0.15, 0.2) is 0 Å². The average molecular weight is 333 g/mol. The lowest BCUT2D eigenvalue weighted by Crippen LogP contribution is -2.01. The normalized spacial score (nSPS) is 11.2. The van der Waals surface area contributed by atoms with Gasteiger partial charge in [0.1, 0.15) is 9.90 Å². The standard InChI is InChI=1S/C11H9ClN2O4S2/c12-20(17,18)11-5-8(7-19-11)6-13-9-3-1-2-4-10(9)14(15)16/h1-5,7,13H,6H2. The summed E-state index contributed by atoms with van der Waals surface area (Å²) in [5.41, 5.74) is 1.03. The van der Waals surface area contributed by atoms with Gasteiger partial charge in [-0.2, -0.15) is 0 Å². The van der Waals surface area contributed by atoms with Crippen LogP contribution in [0.5, 0.6) is 0 Å². The zero-order valence-corrected chi connectivity index (χ0v) is 12.3. The lowest BCUT2D eigenvalue weighted by Gasteiger charge is -2.05. The molecule has 0 aliphatic carbocycles. The summed E-state index contributed by atoms with van der Waals surface area (Å²) in [5, 5.41) is 15.4. The second kappa shape index (κ2) is 5.78. The highest BCUT2D eigenvalue weighted by Gasteiger charge is 2.14. The van der Waals surface area contributed by atoms with E-state index in [1.165, 1.54) is 12.1 Å². The number of thiophene rings is 1. The highest BCUT2D eigenvalue weighted by molar-refractivity contribution is 8.15. The fourth-order valence-electron chi connectivity index (χ4n) is 1.55. The van der Waals surface area contributed by atoms with Gasteiger partial charge in [-0.1, -0.05) is 12.1 Å².